The van der Waals surface area contributed by atoms with E-state index in [-0.39, 0.29) is 12.5 Å². The summed E-state index contributed by atoms with van der Waals surface area (Å²) < 4.78 is 5.55. The van der Waals surface area contributed by atoms with Crippen molar-refractivity contribution in [1.82, 2.24) is 10.3 Å². The molecular weight excluding hydrogens is 392 g/mol. The molecule has 0 saturated carbocycles. The van der Waals surface area contributed by atoms with Crippen LogP contribution in [0.15, 0.2) is 84.2 Å². The number of hydrogen-bond donors (Lipinski definition) is 1. The van der Waals surface area contributed by atoms with Gasteiger partial charge in [0.1, 0.15) is 10.8 Å². The normalized spacial score (nSPS) is 10.6. The summed E-state index contributed by atoms with van der Waals surface area (Å²) in [5.41, 5.74) is 5.25. The van der Waals surface area contributed by atoms with Crippen LogP contribution in [-0.4, -0.2) is 17.5 Å². The molecule has 0 spiro atoms. The molecule has 0 atom stereocenters. The molecule has 0 fully saturated rings. The Morgan fingerprint density at radius 3 is 2.60 bits per heavy atom. The lowest BCUT2D eigenvalue weighted by Gasteiger charge is -2.09. The highest BCUT2D eigenvalue weighted by Gasteiger charge is 2.08. The summed E-state index contributed by atoms with van der Waals surface area (Å²) in [7, 11) is 0. The lowest BCUT2D eigenvalue weighted by Crippen LogP contribution is -2.28. The summed E-state index contributed by atoms with van der Waals surface area (Å²) in [5.74, 6) is 0.549. The fourth-order valence-corrected chi connectivity index (χ4v) is 3.89. The van der Waals surface area contributed by atoms with E-state index < -0.39 is 0 Å². The number of thiazole rings is 1. The van der Waals surface area contributed by atoms with Gasteiger partial charge < -0.3 is 10.1 Å². The van der Waals surface area contributed by atoms with Crippen molar-refractivity contribution in [2.75, 3.05) is 6.61 Å². The van der Waals surface area contributed by atoms with Crippen molar-refractivity contribution in [1.29, 1.82) is 0 Å². The average Bonchev–Trinajstić information content (AvgIpc) is 3.28. The largest absolute Gasteiger partial charge is 0.484 e. The summed E-state index contributed by atoms with van der Waals surface area (Å²) >= 11 is 1.62. The SMILES string of the molecule is Cc1cccc(OCC(=O)NCc2cccc(-c3nc(-c4ccccc4)cs3)c2)c1. The fourth-order valence-electron chi connectivity index (χ4n) is 3.07. The second-order valence-electron chi connectivity index (χ2n) is 6.99. The second kappa shape index (κ2) is 9.37. The molecule has 4 aromatic rings. The lowest BCUT2D eigenvalue weighted by molar-refractivity contribution is -0.123. The van der Waals surface area contributed by atoms with Gasteiger partial charge in [-0.2, -0.15) is 0 Å². The number of nitrogens with zero attached hydrogens (tertiary/aromatic N) is 1. The second-order valence-corrected chi connectivity index (χ2v) is 7.84. The van der Waals surface area contributed by atoms with Crippen molar-refractivity contribution in [3.05, 3.63) is 95.4 Å². The van der Waals surface area contributed by atoms with Gasteiger partial charge in [-0.15, -0.1) is 11.3 Å². The summed E-state index contributed by atoms with van der Waals surface area (Å²) in [6.45, 7) is 2.43. The van der Waals surface area contributed by atoms with Gasteiger partial charge in [0.15, 0.2) is 6.61 Å². The summed E-state index contributed by atoms with van der Waals surface area (Å²) in [4.78, 5) is 16.9. The van der Waals surface area contributed by atoms with E-state index in [2.05, 4.69) is 28.9 Å². The molecule has 0 radical (unpaired) electrons. The van der Waals surface area contributed by atoms with Gasteiger partial charge in [-0.3, -0.25) is 4.79 Å². The molecule has 30 heavy (non-hydrogen) atoms. The minimum atomic E-state index is -0.150. The van der Waals surface area contributed by atoms with E-state index in [0.29, 0.717) is 12.3 Å². The molecule has 1 N–H and O–H groups in total. The van der Waals surface area contributed by atoms with Crippen LogP contribution in [-0.2, 0) is 11.3 Å². The highest BCUT2D eigenvalue weighted by molar-refractivity contribution is 7.13. The summed E-state index contributed by atoms with van der Waals surface area (Å²) in [6, 6.07) is 25.9. The maximum absolute atomic E-state index is 12.1. The predicted octanol–water partition coefficient (Wildman–Crippen LogP) is 5.48. The first-order chi connectivity index (χ1) is 14.7. The molecule has 1 aromatic heterocycles. The number of ether oxygens (including phenoxy) is 1. The van der Waals surface area contributed by atoms with Gasteiger partial charge in [-0.1, -0.05) is 60.7 Å². The predicted molar refractivity (Wildman–Crippen MR) is 122 cm³/mol. The van der Waals surface area contributed by atoms with Gasteiger partial charge in [0.2, 0.25) is 0 Å². The number of hydrogen-bond acceptors (Lipinski definition) is 4. The topological polar surface area (TPSA) is 51.2 Å². The van der Waals surface area contributed by atoms with Crippen LogP contribution in [0.3, 0.4) is 0 Å². The van der Waals surface area contributed by atoms with Crippen LogP contribution in [0.25, 0.3) is 21.8 Å². The van der Waals surface area contributed by atoms with Gasteiger partial charge in [-0.05, 0) is 36.2 Å². The van der Waals surface area contributed by atoms with E-state index in [0.717, 1.165) is 33.0 Å². The standard InChI is InChI=1S/C25H22N2O2S/c1-18-7-5-12-22(13-18)29-16-24(28)26-15-19-8-6-11-21(14-19)25-27-23(17-30-25)20-9-3-2-4-10-20/h2-14,17H,15-16H2,1H3,(H,26,28). The number of aryl methyl sites for hydroxylation is 1. The maximum Gasteiger partial charge on any atom is 0.258 e. The highest BCUT2D eigenvalue weighted by atomic mass is 32.1. The van der Waals surface area contributed by atoms with Crippen LogP contribution in [0, 0.1) is 6.92 Å². The molecule has 0 saturated heterocycles. The monoisotopic (exact) mass is 414 g/mol. The van der Waals surface area contributed by atoms with Gasteiger partial charge in [0, 0.05) is 23.1 Å². The van der Waals surface area contributed by atoms with Crippen molar-refractivity contribution in [3.8, 4) is 27.6 Å². The van der Waals surface area contributed by atoms with Crippen molar-refractivity contribution < 1.29 is 9.53 Å². The quantitative estimate of drug-likeness (QED) is 0.436. The average molecular weight is 415 g/mol. The molecule has 0 bridgehead atoms. The maximum atomic E-state index is 12.1. The zero-order valence-corrected chi connectivity index (χ0v) is 17.5. The molecular formula is C25H22N2O2S. The number of nitrogens with one attached hydrogen (secondary N) is 1. The van der Waals surface area contributed by atoms with Crippen molar-refractivity contribution in [2.45, 2.75) is 13.5 Å². The van der Waals surface area contributed by atoms with Gasteiger partial charge >= 0.3 is 0 Å². The Morgan fingerprint density at radius 2 is 1.77 bits per heavy atom. The van der Waals surface area contributed by atoms with E-state index in [1.54, 1.807) is 11.3 Å². The Kier molecular flexibility index (Phi) is 6.20. The lowest BCUT2D eigenvalue weighted by atomic mass is 10.1. The molecule has 150 valence electrons. The van der Waals surface area contributed by atoms with Crippen molar-refractivity contribution in [3.63, 3.8) is 0 Å². The first kappa shape index (κ1) is 19.9. The number of amides is 1. The third-order valence-electron chi connectivity index (χ3n) is 4.60. The van der Waals surface area contributed by atoms with Crippen molar-refractivity contribution >= 4 is 17.2 Å². The van der Waals surface area contributed by atoms with Gasteiger partial charge in [-0.25, -0.2) is 4.98 Å². The molecule has 0 aliphatic carbocycles. The number of benzene rings is 3. The van der Waals surface area contributed by atoms with Gasteiger partial charge in [0.05, 0.1) is 5.69 Å². The Bertz CT molecular complexity index is 1140. The number of carbonyl (C=O) groups excluding carboxylic acids is 1. The zero-order valence-electron chi connectivity index (χ0n) is 16.7. The number of aromatic nitrogens is 1. The van der Waals surface area contributed by atoms with Crippen LogP contribution in [0.2, 0.25) is 0 Å². The molecule has 3 aromatic carbocycles. The van der Waals surface area contributed by atoms with E-state index in [4.69, 9.17) is 9.72 Å². The number of carbonyl (C=O) groups is 1. The smallest absolute Gasteiger partial charge is 0.258 e. The summed E-state index contributed by atoms with van der Waals surface area (Å²) in [5, 5.41) is 5.95. The highest BCUT2D eigenvalue weighted by Crippen LogP contribution is 2.29. The fraction of sp³-hybridized carbons (Fsp3) is 0.120. The zero-order chi connectivity index (χ0) is 20.8. The summed E-state index contributed by atoms with van der Waals surface area (Å²) in [6.07, 6.45) is 0. The minimum Gasteiger partial charge on any atom is -0.484 e. The van der Waals surface area contributed by atoms with E-state index >= 15 is 0 Å². The molecule has 0 aliphatic rings. The van der Waals surface area contributed by atoms with Crippen LogP contribution in [0.4, 0.5) is 0 Å². The van der Waals surface area contributed by atoms with Crippen LogP contribution in [0.5, 0.6) is 5.75 Å². The van der Waals surface area contributed by atoms with Crippen molar-refractivity contribution in [2.24, 2.45) is 0 Å². The van der Waals surface area contributed by atoms with E-state index in [9.17, 15) is 4.79 Å². The molecule has 0 unspecified atom stereocenters. The molecule has 4 nitrogen and oxygen atoms in total. The van der Waals surface area contributed by atoms with E-state index in [1.807, 2.05) is 67.6 Å². The minimum absolute atomic E-state index is 0.00391. The Balaban J connectivity index is 1.36. The van der Waals surface area contributed by atoms with Crippen LogP contribution >= 0.6 is 11.3 Å². The molecule has 5 heteroatoms. The first-order valence-corrected chi connectivity index (χ1v) is 10.6. The molecule has 0 aliphatic heterocycles. The first-order valence-electron chi connectivity index (χ1n) is 9.74. The Hall–Kier alpha value is -3.44. The van der Waals surface area contributed by atoms with Crippen LogP contribution in [0.1, 0.15) is 11.1 Å². The van der Waals surface area contributed by atoms with E-state index in [1.165, 1.54) is 0 Å². The molecule has 1 heterocycles. The van der Waals surface area contributed by atoms with Gasteiger partial charge in [0.25, 0.3) is 5.91 Å². The third-order valence-corrected chi connectivity index (χ3v) is 5.49. The molecule has 1 amide bonds. The number of rotatable bonds is 7. The Morgan fingerprint density at radius 1 is 0.967 bits per heavy atom. The third kappa shape index (κ3) is 5.13. The molecule has 4 rings (SSSR count). The van der Waals surface area contributed by atoms with Crippen LogP contribution < -0.4 is 10.1 Å². The Labute approximate surface area is 180 Å².